The number of hydrogen-bond acceptors (Lipinski definition) is 5. The van der Waals surface area contributed by atoms with Gasteiger partial charge in [0.25, 0.3) is 17.2 Å². The number of nitrogens with zero attached hydrogens (tertiary/aromatic N) is 3. The van der Waals surface area contributed by atoms with Gasteiger partial charge in [0.1, 0.15) is 5.69 Å². The van der Waals surface area contributed by atoms with Crippen LogP contribution in [0.4, 0.5) is 11.5 Å². The van der Waals surface area contributed by atoms with Crippen LogP contribution in [0.25, 0.3) is 0 Å². The molecule has 11 heteroatoms. The first kappa shape index (κ1) is 25.3. The number of para-hydroxylation sites is 1. The average Bonchev–Trinajstić information content (AvgIpc) is 3.28. The summed E-state index contributed by atoms with van der Waals surface area (Å²) in [5, 5.41) is 3.91. The summed E-state index contributed by atoms with van der Waals surface area (Å²) in [7, 11) is 0. The van der Waals surface area contributed by atoms with E-state index in [1.165, 1.54) is 0 Å². The first-order valence-corrected chi connectivity index (χ1v) is 13.1. The summed E-state index contributed by atoms with van der Waals surface area (Å²) < 4.78 is 32.4. The quantitative estimate of drug-likeness (QED) is 0.263. The van der Waals surface area contributed by atoms with Crippen LogP contribution in [0, 0.1) is 0 Å². The van der Waals surface area contributed by atoms with Gasteiger partial charge < -0.3 is 5.32 Å². The molecule has 0 aliphatic carbocycles. The number of halogens is 2. The van der Waals surface area contributed by atoms with E-state index < -0.39 is 17.2 Å². The number of benzene rings is 3. The Hall–Kier alpha value is -2.82. The van der Waals surface area contributed by atoms with E-state index in [9.17, 15) is 13.6 Å². The molecule has 2 N–H and O–H groups in total. The number of amides is 1. The van der Waals surface area contributed by atoms with Crippen molar-refractivity contribution in [1.29, 1.82) is 0 Å². The van der Waals surface area contributed by atoms with Gasteiger partial charge in [-0.2, -0.15) is 8.75 Å². The molecule has 0 spiro atoms. The molecule has 180 valence electrons. The highest BCUT2D eigenvalue weighted by atomic mass is 35.5. The fraction of sp³-hybridized carbons (Fsp3) is 0.125. The lowest BCUT2D eigenvalue weighted by atomic mass is 10.1. The van der Waals surface area contributed by atoms with E-state index in [2.05, 4.69) is 14.1 Å². The zero-order valence-corrected chi connectivity index (χ0v) is 21.4. The van der Waals surface area contributed by atoms with Crippen molar-refractivity contribution >= 4 is 63.6 Å². The monoisotopic (exact) mass is 546 g/mol. The first-order valence-electron chi connectivity index (χ1n) is 10.5. The highest BCUT2D eigenvalue weighted by Gasteiger charge is 2.26. The Kier molecular flexibility index (Phi) is 8.48. The Morgan fingerprint density at radius 1 is 1.03 bits per heavy atom. The third kappa shape index (κ3) is 6.25. The Morgan fingerprint density at radius 3 is 2.51 bits per heavy atom. The van der Waals surface area contributed by atoms with Crippen molar-refractivity contribution in [3.63, 3.8) is 0 Å². The second-order valence-corrected chi connectivity index (χ2v) is 9.68. The van der Waals surface area contributed by atoms with E-state index in [1.807, 2.05) is 36.4 Å². The topological polar surface area (TPSA) is 95.4 Å². The summed E-state index contributed by atoms with van der Waals surface area (Å²) in [6, 6.07) is 21.4. The van der Waals surface area contributed by atoms with Crippen LogP contribution in [0.5, 0.6) is 0 Å². The fourth-order valence-corrected chi connectivity index (χ4v) is 5.23. The van der Waals surface area contributed by atoms with Crippen molar-refractivity contribution in [3.05, 3.63) is 105 Å². The van der Waals surface area contributed by atoms with Gasteiger partial charge >= 0.3 is 0 Å². The minimum Gasteiger partial charge on any atom is -0.352 e. The van der Waals surface area contributed by atoms with E-state index in [0.717, 1.165) is 27.2 Å². The molecule has 4 rings (SSSR count). The highest BCUT2D eigenvalue weighted by Crippen LogP contribution is 2.32. The summed E-state index contributed by atoms with van der Waals surface area (Å²) in [4.78, 5) is 13.1. The third-order valence-electron chi connectivity index (χ3n) is 5.16. The lowest BCUT2D eigenvalue weighted by Gasteiger charge is -2.21. The Labute approximate surface area is 219 Å². The molecule has 4 aromatic rings. The molecule has 1 unspecified atom stereocenters. The minimum atomic E-state index is -2.49. The zero-order valence-electron chi connectivity index (χ0n) is 18.2. The molecule has 0 aliphatic heterocycles. The number of carbonyl (C=O) groups is 1. The second-order valence-electron chi connectivity index (χ2n) is 7.48. The Balaban J connectivity index is 1.56. The van der Waals surface area contributed by atoms with Gasteiger partial charge in [-0.25, -0.2) is 8.51 Å². The summed E-state index contributed by atoms with van der Waals surface area (Å²) >= 11 is 10.6. The molecule has 1 amide bonds. The fourth-order valence-electron chi connectivity index (χ4n) is 3.50. The van der Waals surface area contributed by atoms with Gasteiger partial charge in [-0.3, -0.25) is 9.35 Å². The molecular weight excluding hydrogens is 527 g/mol. The highest BCUT2D eigenvalue weighted by molar-refractivity contribution is 7.81. The van der Waals surface area contributed by atoms with E-state index in [-0.39, 0.29) is 17.1 Å². The molecule has 1 heterocycles. The standard InChI is InChI=1S/C24H20Cl2N4O3S2/c25-18-11-10-17(20(26)15-18)12-13-27-24(31)19-8-4-5-9-22(19)30(35(32)33)23-21(28-34-29-23)14-16-6-2-1-3-7-16/h1-11,15H,12-14H2,(H,27,31)(H,32,33). The van der Waals surface area contributed by atoms with Crippen LogP contribution in [0.2, 0.25) is 10.0 Å². The van der Waals surface area contributed by atoms with E-state index in [4.69, 9.17) is 23.2 Å². The molecule has 0 radical (unpaired) electrons. The third-order valence-corrected chi connectivity index (χ3v) is 6.99. The van der Waals surface area contributed by atoms with Crippen molar-refractivity contribution < 1.29 is 13.6 Å². The number of hydrogen-bond donors (Lipinski definition) is 2. The SMILES string of the molecule is O=C(NCCc1ccc(Cl)cc1Cl)c1ccccc1N(c1nsnc1Cc1ccccc1)S(=O)O. The van der Waals surface area contributed by atoms with Crippen molar-refractivity contribution in [3.8, 4) is 0 Å². The molecule has 7 nitrogen and oxygen atoms in total. The Morgan fingerprint density at radius 2 is 1.77 bits per heavy atom. The number of nitrogens with one attached hydrogen (secondary N) is 1. The van der Waals surface area contributed by atoms with E-state index in [1.54, 1.807) is 36.4 Å². The van der Waals surface area contributed by atoms with Crippen LogP contribution in [0.15, 0.2) is 72.8 Å². The molecule has 1 atom stereocenters. The van der Waals surface area contributed by atoms with Crippen molar-refractivity contribution in [2.24, 2.45) is 0 Å². The van der Waals surface area contributed by atoms with Crippen molar-refractivity contribution in [2.45, 2.75) is 12.8 Å². The second kappa shape index (κ2) is 11.7. The van der Waals surface area contributed by atoms with Crippen molar-refractivity contribution in [2.75, 3.05) is 10.8 Å². The van der Waals surface area contributed by atoms with Gasteiger partial charge in [0.15, 0.2) is 5.82 Å². The van der Waals surface area contributed by atoms with Gasteiger partial charge in [0.05, 0.1) is 23.0 Å². The summed E-state index contributed by atoms with van der Waals surface area (Å²) in [5.41, 5.74) is 2.85. The van der Waals surface area contributed by atoms with Crippen LogP contribution >= 0.6 is 34.9 Å². The summed E-state index contributed by atoms with van der Waals surface area (Å²) in [6.07, 6.45) is 0.924. The maximum Gasteiger partial charge on any atom is 0.268 e. The number of rotatable bonds is 9. The zero-order chi connectivity index (χ0) is 24.8. The normalized spacial score (nSPS) is 11.7. The largest absolute Gasteiger partial charge is 0.352 e. The average molecular weight is 547 g/mol. The van der Waals surface area contributed by atoms with Gasteiger partial charge in [-0.05, 0) is 41.8 Å². The molecule has 0 saturated carbocycles. The van der Waals surface area contributed by atoms with Gasteiger partial charge in [-0.1, -0.05) is 71.7 Å². The predicted molar refractivity (Wildman–Crippen MR) is 141 cm³/mol. The predicted octanol–water partition coefficient (Wildman–Crippen LogP) is 5.68. The maximum absolute atomic E-state index is 13.1. The molecule has 0 saturated heterocycles. The maximum atomic E-state index is 13.1. The molecule has 0 bridgehead atoms. The number of carbonyl (C=O) groups excluding carboxylic acids is 1. The molecule has 35 heavy (non-hydrogen) atoms. The Bertz CT molecular complexity index is 1350. The molecule has 1 aromatic heterocycles. The lowest BCUT2D eigenvalue weighted by molar-refractivity contribution is 0.0955. The van der Waals surface area contributed by atoms with Gasteiger partial charge in [-0.15, -0.1) is 0 Å². The first-order chi connectivity index (χ1) is 16.9. The van der Waals surface area contributed by atoms with Gasteiger partial charge in [0.2, 0.25) is 0 Å². The molecule has 0 fully saturated rings. The number of aromatic nitrogens is 2. The summed E-state index contributed by atoms with van der Waals surface area (Å²) in [5.74, 6) is -0.165. The smallest absolute Gasteiger partial charge is 0.268 e. The van der Waals surface area contributed by atoms with Crippen LogP contribution in [-0.2, 0) is 24.1 Å². The number of anilines is 2. The molecular formula is C24H20Cl2N4O3S2. The van der Waals surface area contributed by atoms with Crippen LogP contribution in [0.1, 0.15) is 27.2 Å². The minimum absolute atomic E-state index is 0.230. The van der Waals surface area contributed by atoms with E-state index >= 15 is 0 Å². The van der Waals surface area contributed by atoms with Crippen LogP contribution in [0.3, 0.4) is 0 Å². The van der Waals surface area contributed by atoms with Crippen LogP contribution < -0.4 is 9.62 Å². The van der Waals surface area contributed by atoms with E-state index in [0.29, 0.717) is 35.1 Å². The summed E-state index contributed by atoms with van der Waals surface area (Å²) in [6.45, 7) is 0.314. The van der Waals surface area contributed by atoms with Crippen molar-refractivity contribution in [1.82, 2.24) is 14.1 Å². The lowest BCUT2D eigenvalue weighted by Crippen LogP contribution is -2.29. The van der Waals surface area contributed by atoms with Gasteiger partial charge in [0, 0.05) is 23.0 Å². The van der Waals surface area contributed by atoms with Crippen LogP contribution in [-0.4, -0.2) is 30.0 Å². The molecule has 3 aromatic carbocycles. The molecule has 0 aliphatic rings.